The predicted molar refractivity (Wildman–Crippen MR) is 119 cm³/mol. The summed E-state index contributed by atoms with van der Waals surface area (Å²) in [5.74, 6) is -0.132. The van der Waals surface area contributed by atoms with Crippen molar-refractivity contribution in [3.8, 4) is 12.5 Å². The number of nitrogens with zero attached hydrogens (tertiary/aromatic N) is 4. The molecule has 0 bridgehead atoms. The molecule has 0 saturated heterocycles. The van der Waals surface area contributed by atoms with Gasteiger partial charge in [-0.2, -0.15) is 8.42 Å². The molecule has 0 aliphatic rings. The highest BCUT2D eigenvalue weighted by molar-refractivity contribution is 7.94. The minimum Gasteiger partial charge on any atom is -0.221 e. The highest BCUT2D eigenvalue weighted by Crippen LogP contribution is 2.31. The van der Waals surface area contributed by atoms with Gasteiger partial charge in [-0.15, -0.1) is 4.31 Å². The standard InChI is InChI=1S/C21H18N4O2S2/c1-3-20(28)17-15-22-21(23-16-17)24(4-2)29(26,27)25(18-11-7-5-8-12-18)19-13-9-6-10-14-19/h2,5-16H,3H2,1H3. The van der Waals surface area contributed by atoms with E-state index in [9.17, 15) is 8.42 Å². The van der Waals surface area contributed by atoms with Gasteiger partial charge >= 0.3 is 10.2 Å². The van der Waals surface area contributed by atoms with Crippen LogP contribution in [0.5, 0.6) is 0 Å². The summed E-state index contributed by atoms with van der Waals surface area (Å²) in [5.41, 5.74) is 1.52. The zero-order chi connectivity index (χ0) is 20.9. The van der Waals surface area contributed by atoms with E-state index in [1.54, 1.807) is 60.7 Å². The molecule has 1 aromatic heterocycles. The van der Waals surface area contributed by atoms with E-state index in [1.165, 1.54) is 12.4 Å². The summed E-state index contributed by atoms with van der Waals surface area (Å²) in [6.07, 6.45) is 9.18. The van der Waals surface area contributed by atoms with E-state index in [4.69, 9.17) is 18.6 Å². The van der Waals surface area contributed by atoms with Gasteiger partial charge in [-0.25, -0.2) is 14.3 Å². The highest BCUT2D eigenvalue weighted by Gasteiger charge is 2.32. The van der Waals surface area contributed by atoms with Crippen molar-refractivity contribution in [3.05, 3.63) is 78.6 Å². The molecule has 0 spiro atoms. The molecule has 2 aromatic carbocycles. The first-order valence-electron chi connectivity index (χ1n) is 8.76. The van der Waals surface area contributed by atoms with Gasteiger partial charge in [0, 0.05) is 28.9 Å². The van der Waals surface area contributed by atoms with Crippen LogP contribution in [0.15, 0.2) is 73.1 Å². The number of rotatable bonds is 7. The van der Waals surface area contributed by atoms with Crippen molar-refractivity contribution in [2.45, 2.75) is 13.3 Å². The average molecular weight is 423 g/mol. The minimum atomic E-state index is -4.24. The predicted octanol–water partition coefficient (Wildman–Crippen LogP) is 4.08. The van der Waals surface area contributed by atoms with Gasteiger partial charge in [0.2, 0.25) is 0 Å². The number of anilines is 3. The Kier molecular flexibility index (Phi) is 6.22. The first-order valence-corrected chi connectivity index (χ1v) is 10.6. The van der Waals surface area contributed by atoms with Crippen molar-refractivity contribution in [3.63, 3.8) is 0 Å². The molecule has 8 heteroatoms. The molecule has 6 nitrogen and oxygen atoms in total. The van der Waals surface area contributed by atoms with Crippen LogP contribution in [0.25, 0.3) is 0 Å². The molecule has 0 radical (unpaired) electrons. The molecule has 29 heavy (non-hydrogen) atoms. The second kappa shape index (κ2) is 8.82. The van der Waals surface area contributed by atoms with E-state index in [1.807, 2.05) is 6.92 Å². The SMILES string of the molecule is C#CN(c1ncc(C(=S)CC)cn1)S(=O)(=O)N(c1ccccc1)c1ccccc1. The van der Waals surface area contributed by atoms with Gasteiger partial charge in [-0.1, -0.05) is 62.0 Å². The zero-order valence-electron chi connectivity index (χ0n) is 15.6. The quantitative estimate of drug-likeness (QED) is 0.248. The van der Waals surface area contributed by atoms with Gasteiger partial charge in [-0.05, 0) is 30.7 Å². The third-order valence-corrected chi connectivity index (χ3v) is 6.16. The Hall–Kier alpha value is -3.28. The molecule has 0 saturated carbocycles. The molecular weight excluding hydrogens is 404 g/mol. The lowest BCUT2D eigenvalue weighted by Crippen LogP contribution is -2.40. The maximum Gasteiger partial charge on any atom is 0.344 e. The summed E-state index contributed by atoms with van der Waals surface area (Å²) in [4.78, 5) is 8.95. The summed E-state index contributed by atoms with van der Waals surface area (Å²) in [6, 6.07) is 19.5. The average Bonchev–Trinajstić information content (AvgIpc) is 2.75. The number of benzene rings is 2. The zero-order valence-corrected chi connectivity index (χ0v) is 17.3. The summed E-state index contributed by atoms with van der Waals surface area (Å²) in [6.45, 7) is 1.92. The lowest BCUT2D eigenvalue weighted by atomic mass is 10.2. The Balaban J connectivity index is 2.09. The van der Waals surface area contributed by atoms with Crippen molar-refractivity contribution < 1.29 is 8.42 Å². The van der Waals surface area contributed by atoms with E-state index >= 15 is 0 Å². The number of hydrogen-bond donors (Lipinski definition) is 0. The fourth-order valence-corrected chi connectivity index (χ4v) is 4.10. The van der Waals surface area contributed by atoms with Crippen molar-refractivity contribution >= 4 is 44.6 Å². The minimum absolute atomic E-state index is 0.132. The molecule has 3 rings (SSSR count). The van der Waals surface area contributed by atoms with Crippen molar-refractivity contribution in [1.29, 1.82) is 0 Å². The van der Waals surface area contributed by atoms with Gasteiger partial charge < -0.3 is 0 Å². The van der Waals surface area contributed by atoms with Gasteiger partial charge in [0.05, 0.1) is 11.4 Å². The Morgan fingerprint density at radius 2 is 1.48 bits per heavy atom. The van der Waals surface area contributed by atoms with Crippen LogP contribution in [0.3, 0.4) is 0 Å². The molecule has 0 aliphatic heterocycles. The maximum atomic E-state index is 13.5. The van der Waals surface area contributed by atoms with Crippen LogP contribution in [0.2, 0.25) is 0 Å². The fraction of sp³-hybridized carbons (Fsp3) is 0.0952. The summed E-state index contributed by atoms with van der Waals surface area (Å²) in [7, 11) is -4.24. The summed E-state index contributed by atoms with van der Waals surface area (Å²) in [5, 5.41) is 0. The third kappa shape index (κ3) is 4.26. The van der Waals surface area contributed by atoms with Gasteiger partial charge in [0.15, 0.2) is 0 Å². The number of aromatic nitrogens is 2. The molecule has 0 unspecified atom stereocenters. The summed E-state index contributed by atoms with van der Waals surface area (Å²) >= 11 is 5.24. The van der Waals surface area contributed by atoms with E-state index < -0.39 is 10.2 Å². The number of thiocarbonyl (C=S) groups is 1. The molecule has 0 fully saturated rings. The Morgan fingerprint density at radius 3 is 1.90 bits per heavy atom. The molecule has 146 valence electrons. The Bertz CT molecular complexity index is 1090. The van der Waals surface area contributed by atoms with Crippen LogP contribution in [0.1, 0.15) is 18.9 Å². The lowest BCUT2D eigenvalue weighted by Gasteiger charge is -2.28. The Labute approximate surface area is 176 Å². The normalized spacial score (nSPS) is 10.8. The van der Waals surface area contributed by atoms with Crippen molar-refractivity contribution in [2.24, 2.45) is 0 Å². The second-order valence-electron chi connectivity index (χ2n) is 5.89. The van der Waals surface area contributed by atoms with Crippen LogP contribution in [-0.4, -0.2) is 23.3 Å². The first-order chi connectivity index (χ1) is 14.0. The molecule has 0 aliphatic carbocycles. The van der Waals surface area contributed by atoms with Crippen LogP contribution in [-0.2, 0) is 10.2 Å². The third-order valence-electron chi connectivity index (χ3n) is 4.02. The van der Waals surface area contributed by atoms with E-state index in [0.717, 1.165) is 4.31 Å². The van der Waals surface area contributed by atoms with Crippen LogP contribution in [0.4, 0.5) is 17.3 Å². The van der Waals surface area contributed by atoms with E-state index in [0.29, 0.717) is 32.5 Å². The van der Waals surface area contributed by atoms with Crippen molar-refractivity contribution in [2.75, 3.05) is 8.61 Å². The number of hydrogen-bond acceptors (Lipinski definition) is 5. The Morgan fingerprint density at radius 1 is 1.00 bits per heavy atom. The monoisotopic (exact) mass is 422 g/mol. The number of para-hydroxylation sites is 2. The van der Waals surface area contributed by atoms with Crippen molar-refractivity contribution in [1.82, 2.24) is 9.97 Å². The maximum absolute atomic E-state index is 13.5. The molecule has 1 heterocycles. The largest absolute Gasteiger partial charge is 0.344 e. The molecular formula is C21H18N4O2S2. The van der Waals surface area contributed by atoms with Gasteiger partial charge in [0.1, 0.15) is 0 Å². The summed E-state index contributed by atoms with van der Waals surface area (Å²) < 4.78 is 29.0. The van der Waals surface area contributed by atoms with Crippen LogP contribution >= 0.6 is 12.2 Å². The number of terminal acetylenes is 1. The molecule has 0 N–H and O–H groups in total. The van der Waals surface area contributed by atoms with Gasteiger partial charge in [0.25, 0.3) is 5.95 Å². The molecule has 0 atom stereocenters. The van der Waals surface area contributed by atoms with Gasteiger partial charge in [-0.3, -0.25) is 0 Å². The topological polar surface area (TPSA) is 66.4 Å². The van der Waals surface area contributed by atoms with Crippen LogP contribution < -0.4 is 8.61 Å². The van der Waals surface area contributed by atoms with E-state index in [2.05, 4.69) is 16.0 Å². The lowest BCUT2D eigenvalue weighted by molar-refractivity contribution is 0.596. The molecule has 0 amide bonds. The van der Waals surface area contributed by atoms with E-state index in [-0.39, 0.29) is 5.95 Å². The second-order valence-corrected chi connectivity index (χ2v) is 8.00. The highest BCUT2D eigenvalue weighted by atomic mass is 32.2. The van der Waals surface area contributed by atoms with Crippen LogP contribution in [0, 0.1) is 12.5 Å². The first kappa shape index (κ1) is 20.5. The fourth-order valence-electron chi connectivity index (χ4n) is 2.63. The molecule has 3 aromatic rings. The smallest absolute Gasteiger partial charge is 0.221 e.